The zero-order valence-corrected chi connectivity index (χ0v) is 15.6. The summed E-state index contributed by atoms with van der Waals surface area (Å²) >= 11 is 1.66. The summed E-state index contributed by atoms with van der Waals surface area (Å²) in [6, 6.07) is -0.335. The predicted octanol–water partition coefficient (Wildman–Crippen LogP) is 1.54. The lowest BCUT2D eigenvalue weighted by atomic mass is 9.92. The first-order valence-electron chi connectivity index (χ1n) is 8.57. The van der Waals surface area contributed by atoms with Gasteiger partial charge >= 0.3 is 0 Å². The highest BCUT2D eigenvalue weighted by molar-refractivity contribution is 7.98. The Morgan fingerprint density at radius 2 is 2.08 bits per heavy atom. The maximum Gasteiger partial charge on any atom is 0.242 e. The van der Waals surface area contributed by atoms with Gasteiger partial charge in [0, 0.05) is 25.4 Å². The van der Waals surface area contributed by atoms with Gasteiger partial charge in [0.2, 0.25) is 17.7 Å². The number of rotatable bonds is 8. The van der Waals surface area contributed by atoms with Crippen molar-refractivity contribution < 1.29 is 14.3 Å². The highest BCUT2D eigenvalue weighted by atomic mass is 32.2. The van der Waals surface area contributed by atoms with Crippen molar-refractivity contribution in [2.75, 3.05) is 12.0 Å². The minimum Gasteiger partial charge on any atom is -0.473 e. The smallest absolute Gasteiger partial charge is 0.242 e. The standard InChI is InChI=1S/C17H26N4O3S/c1-12(22)20-15(7-10-25-2)17(23)21-13-3-5-14(6-4-13)24-16-11-18-8-9-19-16/h8-9,11,13-15H,3-7,10H2,1-2H3,(H,20,22)(H,21,23). The molecule has 0 aliphatic heterocycles. The molecule has 1 aromatic rings. The summed E-state index contributed by atoms with van der Waals surface area (Å²) in [5, 5.41) is 5.81. The normalized spacial score (nSPS) is 21.2. The van der Waals surface area contributed by atoms with Gasteiger partial charge < -0.3 is 15.4 Å². The van der Waals surface area contributed by atoms with Crippen LogP contribution in [0.5, 0.6) is 5.88 Å². The quantitative estimate of drug-likeness (QED) is 0.725. The molecule has 0 radical (unpaired) electrons. The molecule has 0 bridgehead atoms. The van der Waals surface area contributed by atoms with Crippen molar-refractivity contribution in [3.8, 4) is 5.88 Å². The molecule has 7 nitrogen and oxygen atoms in total. The van der Waals surface area contributed by atoms with Crippen molar-refractivity contribution in [1.29, 1.82) is 0 Å². The molecule has 1 aromatic heterocycles. The van der Waals surface area contributed by atoms with Crippen molar-refractivity contribution in [3.63, 3.8) is 0 Å². The fraction of sp³-hybridized carbons (Fsp3) is 0.647. The van der Waals surface area contributed by atoms with Crippen LogP contribution in [0.25, 0.3) is 0 Å². The van der Waals surface area contributed by atoms with Crippen LogP contribution in [0.4, 0.5) is 0 Å². The van der Waals surface area contributed by atoms with E-state index in [4.69, 9.17) is 4.74 Å². The Morgan fingerprint density at radius 1 is 1.32 bits per heavy atom. The number of nitrogens with one attached hydrogen (secondary N) is 2. The summed E-state index contributed by atoms with van der Waals surface area (Å²) in [7, 11) is 0. The monoisotopic (exact) mass is 366 g/mol. The maximum atomic E-state index is 12.4. The van der Waals surface area contributed by atoms with Gasteiger partial charge in [-0.3, -0.25) is 14.6 Å². The third kappa shape index (κ3) is 6.89. The van der Waals surface area contributed by atoms with Crippen molar-refractivity contribution >= 4 is 23.6 Å². The molecule has 1 heterocycles. The highest BCUT2D eigenvalue weighted by Gasteiger charge is 2.26. The number of amides is 2. The van der Waals surface area contributed by atoms with E-state index in [9.17, 15) is 9.59 Å². The average molecular weight is 366 g/mol. The summed E-state index contributed by atoms with van der Waals surface area (Å²) < 4.78 is 5.82. The topological polar surface area (TPSA) is 93.2 Å². The van der Waals surface area contributed by atoms with Crippen LogP contribution < -0.4 is 15.4 Å². The first kappa shape index (κ1) is 19.5. The van der Waals surface area contributed by atoms with Crippen LogP contribution in [0.2, 0.25) is 0 Å². The van der Waals surface area contributed by atoms with E-state index < -0.39 is 6.04 Å². The lowest BCUT2D eigenvalue weighted by molar-refractivity contribution is -0.128. The molecule has 0 aromatic carbocycles. The van der Waals surface area contributed by atoms with Crippen LogP contribution in [-0.4, -0.2) is 52.0 Å². The molecule has 1 aliphatic rings. The third-order valence-corrected chi connectivity index (χ3v) is 4.80. The Hall–Kier alpha value is -1.83. The number of thioether (sulfide) groups is 1. The van der Waals surface area contributed by atoms with E-state index in [1.165, 1.54) is 6.92 Å². The molecule has 8 heteroatoms. The Morgan fingerprint density at radius 3 is 2.68 bits per heavy atom. The van der Waals surface area contributed by atoms with Crippen molar-refractivity contribution in [2.45, 2.75) is 57.2 Å². The lowest BCUT2D eigenvalue weighted by Gasteiger charge is -2.30. The van der Waals surface area contributed by atoms with Gasteiger partial charge in [-0.25, -0.2) is 4.98 Å². The van der Waals surface area contributed by atoms with Gasteiger partial charge in [-0.15, -0.1) is 0 Å². The number of ether oxygens (including phenoxy) is 1. The van der Waals surface area contributed by atoms with Gasteiger partial charge in [-0.2, -0.15) is 11.8 Å². The van der Waals surface area contributed by atoms with Crippen LogP contribution in [0, 0.1) is 0 Å². The number of hydrogen-bond acceptors (Lipinski definition) is 6. The number of carbonyl (C=O) groups is 2. The van der Waals surface area contributed by atoms with Crippen LogP contribution in [0.1, 0.15) is 39.0 Å². The van der Waals surface area contributed by atoms with Gasteiger partial charge in [-0.1, -0.05) is 0 Å². The van der Waals surface area contributed by atoms with Gasteiger partial charge in [-0.05, 0) is 44.1 Å². The van der Waals surface area contributed by atoms with Crippen molar-refractivity contribution in [3.05, 3.63) is 18.6 Å². The molecule has 25 heavy (non-hydrogen) atoms. The number of carbonyl (C=O) groups excluding carboxylic acids is 2. The Balaban J connectivity index is 1.77. The molecular formula is C17H26N4O3S. The fourth-order valence-electron chi connectivity index (χ4n) is 2.89. The van der Waals surface area contributed by atoms with Crippen LogP contribution in [0.15, 0.2) is 18.6 Å². The summed E-state index contributed by atoms with van der Waals surface area (Å²) in [6.45, 7) is 1.44. The molecule has 2 rings (SSSR count). The molecule has 1 atom stereocenters. The maximum absolute atomic E-state index is 12.4. The van der Waals surface area contributed by atoms with Crippen molar-refractivity contribution in [1.82, 2.24) is 20.6 Å². The second-order valence-electron chi connectivity index (χ2n) is 6.18. The summed E-state index contributed by atoms with van der Waals surface area (Å²) in [6.07, 6.45) is 11.0. The number of hydrogen-bond donors (Lipinski definition) is 2. The van der Waals surface area contributed by atoms with E-state index in [2.05, 4.69) is 20.6 Å². The average Bonchev–Trinajstić information content (AvgIpc) is 2.61. The molecule has 0 saturated heterocycles. The van der Waals surface area contributed by atoms with Gasteiger partial charge in [0.05, 0.1) is 6.20 Å². The van der Waals surface area contributed by atoms with Gasteiger partial charge in [0.15, 0.2) is 0 Å². The largest absolute Gasteiger partial charge is 0.473 e. The zero-order chi connectivity index (χ0) is 18.1. The molecule has 1 unspecified atom stereocenters. The SMILES string of the molecule is CSCCC(NC(C)=O)C(=O)NC1CCC(Oc2cnccn2)CC1. The zero-order valence-electron chi connectivity index (χ0n) is 14.7. The second kappa shape index (κ2) is 10.2. The lowest BCUT2D eigenvalue weighted by Crippen LogP contribution is -2.50. The van der Waals surface area contributed by atoms with Crippen LogP contribution >= 0.6 is 11.8 Å². The molecule has 2 N–H and O–H groups in total. The van der Waals surface area contributed by atoms with E-state index in [0.717, 1.165) is 31.4 Å². The van der Waals surface area contributed by atoms with E-state index in [-0.39, 0.29) is 24.0 Å². The Bertz CT molecular complexity index is 550. The van der Waals surface area contributed by atoms with Crippen molar-refractivity contribution in [2.24, 2.45) is 0 Å². The summed E-state index contributed by atoms with van der Waals surface area (Å²) in [5.41, 5.74) is 0. The molecule has 1 fully saturated rings. The number of aromatic nitrogens is 2. The Labute approximate surface area is 152 Å². The van der Waals surface area contributed by atoms with E-state index in [1.54, 1.807) is 30.4 Å². The first-order chi connectivity index (χ1) is 12.1. The molecule has 138 valence electrons. The molecule has 1 saturated carbocycles. The molecule has 1 aliphatic carbocycles. The molecule has 2 amide bonds. The van der Waals surface area contributed by atoms with E-state index >= 15 is 0 Å². The van der Waals surface area contributed by atoms with Crippen LogP contribution in [-0.2, 0) is 9.59 Å². The number of nitrogens with zero attached hydrogens (tertiary/aromatic N) is 2. The second-order valence-corrected chi connectivity index (χ2v) is 7.16. The summed E-state index contributed by atoms with van der Waals surface area (Å²) in [5.74, 6) is 1.10. The highest BCUT2D eigenvalue weighted by Crippen LogP contribution is 2.22. The summed E-state index contributed by atoms with van der Waals surface area (Å²) in [4.78, 5) is 31.9. The predicted molar refractivity (Wildman–Crippen MR) is 97.5 cm³/mol. The molecular weight excluding hydrogens is 340 g/mol. The Kier molecular flexibility index (Phi) is 7.97. The molecule has 0 spiro atoms. The minimum absolute atomic E-state index is 0.0949. The first-order valence-corrected chi connectivity index (χ1v) is 9.97. The van der Waals surface area contributed by atoms with E-state index in [1.807, 2.05) is 6.26 Å². The minimum atomic E-state index is -0.460. The third-order valence-electron chi connectivity index (χ3n) is 4.15. The fourth-order valence-corrected chi connectivity index (χ4v) is 3.37. The van der Waals surface area contributed by atoms with E-state index in [0.29, 0.717) is 12.3 Å². The van der Waals surface area contributed by atoms with Crippen LogP contribution in [0.3, 0.4) is 0 Å². The van der Waals surface area contributed by atoms with Gasteiger partial charge in [0.1, 0.15) is 12.1 Å². The van der Waals surface area contributed by atoms with Gasteiger partial charge in [0.25, 0.3) is 0 Å².